The highest BCUT2D eigenvalue weighted by molar-refractivity contribution is 6.11. The van der Waals surface area contributed by atoms with Crippen molar-refractivity contribution in [3.63, 3.8) is 0 Å². The van der Waals surface area contributed by atoms with Gasteiger partial charge in [0, 0.05) is 72.2 Å². The molecule has 0 aromatic heterocycles. The molecule has 22 aromatic carbocycles. The summed E-state index contributed by atoms with van der Waals surface area (Å²) in [6.45, 7) is 23.8. The summed E-state index contributed by atoms with van der Waals surface area (Å²) in [7, 11) is 0. The quantitative estimate of drug-likeness (QED) is 0.107. The van der Waals surface area contributed by atoms with Gasteiger partial charge in [-0.2, -0.15) is 0 Å². The smallest absolute Gasteiger partial charge is 0.0549 e. The van der Waals surface area contributed by atoms with Crippen molar-refractivity contribution in [2.24, 2.45) is 0 Å². The van der Waals surface area contributed by atoms with E-state index in [4.69, 9.17) is 0 Å². The topological polar surface area (TPSA) is 9.72 Å². The lowest BCUT2D eigenvalue weighted by molar-refractivity contribution is 0.660. The fourth-order valence-electron chi connectivity index (χ4n) is 25.2. The van der Waals surface area contributed by atoms with E-state index < -0.39 is 0 Å². The molecule has 5 aliphatic rings. The minimum absolute atomic E-state index is 0. The van der Waals surface area contributed by atoms with Gasteiger partial charge in [-0.05, 0) is 274 Å². The zero-order valence-corrected chi connectivity index (χ0v) is 83.1. The SMILES string of the molecule is C.CC1(C)c2ccccc2-c2c(N(c3ccc(-c4ccccc4)cc3)c3cc(-c4ccccc4)cc(-c4ccccc4)c3)cc3ccccc3c21.CC1(C)c2ccccc2-c2cc(N(c3ccc(-c4ccccc4)cc3)c3cc4ccccc4c4c3-c3ccccc3C4(C)C)ccc21.CC1(C)c2ccccc2-c2cccc(N(c3ccc(-c4ccccc4)cc3)c3cc4ccccc4c4c3-c3ccccc3C4(C)C)c21. The van der Waals surface area contributed by atoms with Crippen molar-refractivity contribution >= 4 is 83.5 Å². The first-order chi connectivity index (χ1) is 70.2. The number of hydrogen-bond acceptors (Lipinski definition) is 3. The van der Waals surface area contributed by atoms with Gasteiger partial charge in [0.2, 0.25) is 0 Å². The number of benzene rings is 22. The second-order valence-corrected chi connectivity index (χ2v) is 42.1. The summed E-state index contributed by atoms with van der Waals surface area (Å²) in [5.41, 5.74) is 49.2. The Kier molecular flexibility index (Phi) is 22.2. The van der Waals surface area contributed by atoms with E-state index in [1.807, 2.05) is 0 Å². The lowest BCUT2D eigenvalue weighted by atomic mass is 9.79. The highest BCUT2D eigenvalue weighted by atomic mass is 15.2. The van der Waals surface area contributed by atoms with Gasteiger partial charge in [-0.25, -0.2) is 0 Å². The Morgan fingerprint density at radius 2 is 0.400 bits per heavy atom. The molecule has 3 nitrogen and oxygen atoms in total. The van der Waals surface area contributed by atoms with Gasteiger partial charge in [-0.15, -0.1) is 0 Å². The molecule has 0 atom stereocenters. The van der Waals surface area contributed by atoms with Crippen molar-refractivity contribution in [1.82, 2.24) is 0 Å². The highest BCUT2D eigenvalue weighted by Gasteiger charge is 2.46. The van der Waals surface area contributed by atoms with Crippen LogP contribution in [0.1, 0.15) is 132 Å². The van der Waals surface area contributed by atoms with Crippen molar-refractivity contribution in [1.29, 1.82) is 0 Å². The third kappa shape index (κ3) is 15.0. The van der Waals surface area contributed by atoms with E-state index in [9.17, 15) is 0 Å². The third-order valence-electron chi connectivity index (χ3n) is 32.0. The predicted octanol–water partition coefficient (Wildman–Crippen LogP) is 39.4. The average molecular weight is 1860 g/mol. The van der Waals surface area contributed by atoms with Gasteiger partial charge < -0.3 is 14.7 Å². The van der Waals surface area contributed by atoms with Crippen molar-refractivity contribution in [2.75, 3.05) is 14.7 Å². The van der Waals surface area contributed by atoms with Crippen LogP contribution in [0.5, 0.6) is 0 Å². The van der Waals surface area contributed by atoms with Crippen LogP contribution >= 0.6 is 0 Å². The first kappa shape index (κ1) is 90.6. The highest BCUT2D eigenvalue weighted by Crippen LogP contribution is 2.64. The van der Waals surface area contributed by atoms with Gasteiger partial charge >= 0.3 is 0 Å². The number of hydrogen-bond donors (Lipinski definition) is 0. The van der Waals surface area contributed by atoms with Gasteiger partial charge in [0.1, 0.15) is 0 Å². The first-order valence-electron chi connectivity index (χ1n) is 50.8. The van der Waals surface area contributed by atoms with Gasteiger partial charge in [-0.1, -0.05) is 477 Å². The van der Waals surface area contributed by atoms with Crippen LogP contribution in [0, 0.1) is 0 Å². The number of anilines is 9. The van der Waals surface area contributed by atoms with Crippen molar-refractivity contribution in [2.45, 2.75) is 104 Å². The minimum atomic E-state index is -0.165. The Labute approximate surface area is 854 Å². The molecule has 0 unspecified atom stereocenters. The molecular formula is C142H115N3. The van der Waals surface area contributed by atoms with Crippen LogP contribution in [0.3, 0.4) is 0 Å². The molecular weight excluding hydrogens is 1750 g/mol. The molecule has 0 bridgehead atoms. The average Bonchev–Trinajstić information content (AvgIpc) is 1.57. The Balaban J connectivity index is 0.000000116. The van der Waals surface area contributed by atoms with Crippen LogP contribution in [0.4, 0.5) is 51.2 Å². The fourth-order valence-corrected chi connectivity index (χ4v) is 25.2. The molecule has 0 amide bonds. The maximum atomic E-state index is 2.56. The van der Waals surface area contributed by atoms with Crippen LogP contribution in [0.15, 0.2) is 491 Å². The largest absolute Gasteiger partial charge is 0.310 e. The molecule has 145 heavy (non-hydrogen) atoms. The van der Waals surface area contributed by atoms with Gasteiger partial charge in [-0.3, -0.25) is 0 Å². The van der Waals surface area contributed by atoms with Crippen molar-refractivity contribution < 1.29 is 0 Å². The molecule has 3 heteroatoms. The maximum Gasteiger partial charge on any atom is 0.0549 e. The van der Waals surface area contributed by atoms with Crippen LogP contribution in [-0.4, -0.2) is 0 Å². The molecule has 0 aliphatic heterocycles. The summed E-state index contributed by atoms with van der Waals surface area (Å²) in [6.07, 6.45) is 0. The molecule has 5 aliphatic carbocycles. The second-order valence-electron chi connectivity index (χ2n) is 42.1. The molecule has 22 aromatic rings. The minimum Gasteiger partial charge on any atom is -0.310 e. The van der Waals surface area contributed by atoms with E-state index in [1.165, 1.54) is 228 Å². The normalized spacial score (nSPS) is 13.9. The maximum absolute atomic E-state index is 2.56. The summed E-state index contributed by atoms with van der Waals surface area (Å²) in [4.78, 5) is 7.56. The van der Waals surface area contributed by atoms with E-state index in [1.54, 1.807) is 0 Å². The zero-order valence-electron chi connectivity index (χ0n) is 83.1. The number of rotatable bonds is 14. The lowest BCUT2D eigenvalue weighted by Gasteiger charge is -2.34. The van der Waals surface area contributed by atoms with Crippen LogP contribution in [-0.2, 0) is 27.1 Å². The molecule has 0 radical (unpaired) electrons. The summed E-state index contributed by atoms with van der Waals surface area (Å²) in [5.74, 6) is 0. The van der Waals surface area contributed by atoms with E-state index >= 15 is 0 Å². The summed E-state index contributed by atoms with van der Waals surface area (Å²) >= 11 is 0. The van der Waals surface area contributed by atoms with Gasteiger partial charge in [0.15, 0.2) is 0 Å². The van der Waals surface area contributed by atoms with E-state index in [-0.39, 0.29) is 34.5 Å². The molecule has 0 saturated carbocycles. The molecule has 0 saturated heterocycles. The summed E-state index contributed by atoms with van der Waals surface area (Å²) < 4.78 is 0. The van der Waals surface area contributed by atoms with Gasteiger partial charge in [0.25, 0.3) is 0 Å². The number of nitrogens with zero attached hydrogens (tertiary/aromatic N) is 3. The monoisotopic (exact) mass is 1860 g/mol. The van der Waals surface area contributed by atoms with Crippen molar-refractivity contribution in [3.8, 4) is 111 Å². The Morgan fingerprint density at radius 1 is 0.145 bits per heavy atom. The Morgan fingerprint density at radius 3 is 0.772 bits per heavy atom. The van der Waals surface area contributed by atoms with Gasteiger partial charge in [0.05, 0.1) is 22.7 Å². The first-order valence-corrected chi connectivity index (χ1v) is 50.8. The molecule has 27 rings (SSSR count). The molecule has 0 fully saturated rings. The molecule has 0 spiro atoms. The van der Waals surface area contributed by atoms with Crippen molar-refractivity contribution in [3.05, 3.63) is 547 Å². The Hall–Kier alpha value is -17.0. The molecule has 698 valence electrons. The standard InChI is InChI=1S/C49H37N.2C46H37N.CH4/c1-49(2)45-25-15-14-24-44(45)47-46(33-38-22-12-13-23-43(38)48(47)49)50(41-28-26-37(27-29-41)34-16-6-3-7-17-34)42-31-39(35-18-8-4-9-19-35)30-40(32-42)36-20-10-5-11-21-36;1-45(2)38-22-12-10-19-35(38)36-21-14-24-40(43(36)45)47(33-27-25-31(26-28-33)30-15-6-5-7-16-30)41-29-32-17-8-9-18-34(32)44-42(41)37-20-11-13-23-39(37)46(44,3)4;1-45(2)39-20-12-10-18-36(39)38-29-34(26-27-41(38)45)47(33-24-22-31(23-25-33)30-14-6-5-7-15-30)42-28-32-16-8-9-17-35(32)44-43(42)37-19-11-13-21-40(37)46(44,3)4;/h3-33H,1-2H3;2*5-29H,1-4H3;1H4. The van der Waals surface area contributed by atoms with Crippen LogP contribution in [0.2, 0.25) is 0 Å². The Bertz CT molecular complexity index is 8720. The van der Waals surface area contributed by atoms with Crippen LogP contribution < -0.4 is 14.7 Å². The van der Waals surface area contributed by atoms with E-state index in [0.717, 1.165) is 22.7 Å². The van der Waals surface area contributed by atoms with E-state index in [2.05, 4.69) is 575 Å². The van der Waals surface area contributed by atoms with E-state index in [0.29, 0.717) is 0 Å². The molecule has 0 heterocycles. The zero-order chi connectivity index (χ0) is 97.5. The number of fused-ring (bicyclic) bond motifs is 21. The lowest BCUT2D eigenvalue weighted by Crippen LogP contribution is -2.21. The third-order valence-corrected chi connectivity index (χ3v) is 32.0. The predicted molar refractivity (Wildman–Crippen MR) is 618 cm³/mol. The molecule has 0 N–H and O–H groups in total. The summed E-state index contributed by atoms with van der Waals surface area (Å²) in [5, 5.41) is 7.75. The second kappa shape index (κ2) is 35.6. The fraction of sp³-hybridized carbons (Fsp3) is 0.113. The summed E-state index contributed by atoms with van der Waals surface area (Å²) in [6, 6.07) is 181. The van der Waals surface area contributed by atoms with Crippen LogP contribution in [0.25, 0.3) is 144 Å².